The van der Waals surface area contributed by atoms with Crippen molar-refractivity contribution in [2.75, 3.05) is 25.6 Å². The zero-order valence-corrected chi connectivity index (χ0v) is 22.9. The van der Waals surface area contributed by atoms with Gasteiger partial charge in [0.1, 0.15) is 22.5 Å². The largest absolute Gasteiger partial charge is 0.495 e. The summed E-state index contributed by atoms with van der Waals surface area (Å²) >= 11 is 0. The number of hydrogen-bond donors (Lipinski definition) is 3. The Hall–Kier alpha value is -4.64. The van der Waals surface area contributed by atoms with E-state index in [1.165, 1.54) is 0 Å². The second-order valence-corrected chi connectivity index (χ2v) is 10.7. The van der Waals surface area contributed by atoms with Gasteiger partial charge in [-0.1, -0.05) is 6.07 Å². The molecular weight excluding hydrogens is 512 g/mol. The minimum Gasteiger partial charge on any atom is -0.495 e. The molecule has 0 radical (unpaired) electrons. The average molecular weight is 543 g/mol. The van der Waals surface area contributed by atoms with E-state index in [1.54, 1.807) is 25.3 Å². The Morgan fingerprint density at radius 1 is 1.10 bits per heavy atom. The Balaban J connectivity index is 1.36. The van der Waals surface area contributed by atoms with Crippen LogP contribution in [0.2, 0.25) is 0 Å². The van der Waals surface area contributed by atoms with Crippen molar-refractivity contribution in [3.8, 4) is 22.8 Å². The summed E-state index contributed by atoms with van der Waals surface area (Å²) < 4.78 is 22.8. The van der Waals surface area contributed by atoms with Crippen LogP contribution in [-0.4, -0.2) is 57.8 Å². The molecule has 6 rings (SSSR count). The van der Waals surface area contributed by atoms with Gasteiger partial charge in [-0.3, -0.25) is 4.79 Å². The molecule has 1 fully saturated rings. The van der Waals surface area contributed by atoms with E-state index in [0.29, 0.717) is 59.2 Å². The molecule has 1 saturated heterocycles. The number of hydrogen-bond acceptors (Lipinski definition) is 9. The normalized spacial score (nSPS) is 13.8. The van der Waals surface area contributed by atoms with Crippen molar-refractivity contribution in [2.45, 2.75) is 39.3 Å². The number of amides is 1. The quantitative estimate of drug-likeness (QED) is 0.256. The van der Waals surface area contributed by atoms with Gasteiger partial charge in [-0.25, -0.2) is 4.98 Å². The lowest BCUT2D eigenvalue weighted by Crippen LogP contribution is -2.48. The van der Waals surface area contributed by atoms with Crippen molar-refractivity contribution in [2.24, 2.45) is 0 Å². The van der Waals surface area contributed by atoms with E-state index in [0.717, 1.165) is 22.0 Å². The van der Waals surface area contributed by atoms with Gasteiger partial charge in [0.25, 0.3) is 5.91 Å². The van der Waals surface area contributed by atoms with Crippen molar-refractivity contribution in [3.63, 3.8) is 0 Å². The van der Waals surface area contributed by atoms with Crippen molar-refractivity contribution in [1.82, 2.24) is 25.3 Å². The molecule has 0 spiro atoms. The predicted octanol–water partition coefficient (Wildman–Crippen LogP) is 5.13. The van der Waals surface area contributed by atoms with Gasteiger partial charge in [-0.05, 0) is 56.7 Å². The molecule has 11 heteroatoms. The summed E-state index contributed by atoms with van der Waals surface area (Å²) in [6.07, 6.45) is 1.88. The summed E-state index contributed by atoms with van der Waals surface area (Å²) in [7, 11) is 1.55. The molecule has 5 aromatic rings. The number of benzene rings is 2. The zero-order chi connectivity index (χ0) is 28.0. The molecular formula is C29H30N6O5. The number of nitrogens with zero attached hydrogens (tertiary/aromatic N) is 3. The van der Waals surface area contributed by atoms with E-state index < -0.39 is 5.60 Å². The number of carbonyl (C=O) groups excluding carboxylic acids is 1. The molecule has 0 saturated carbocycles. The number of oxazole rings is 1. The lowest BCUT2D eigenvalue weighted by molar-refractivity contribution is -0.00346. The summed E-state index contributed by atoms with van der Waals surface area (Å²) in [5.74, 6) is 1.63. The first-order valence-corrected chi connectivity index (χ1v) is 13.0. The van der Waals surface area contributed by atoms with Crippen molar-refractivity contribution < 1.29 is 23.4 Å². The van der Waals surface area contributed by atoms with Crippen LogP contribution in [0.5, 0.6) is 11.6 Å². The van der Waals surface area contributed by atoms with Crippen LogP contribution >= 0.6 is 0 Å². The van der Waals surface area contributed by atoms with Crippen LogP contribution in [-0.2, 0) is 4.74 Å². The first-order chi connectivity index (χ1) is 19.2. The standard InChI is InChI=1S/C29H30N6O5/c1-15-31-21-8-6-16(10-23(21)39-15)19-12-30-25-24(19)27(40-29(2,3)4)35-28(34-25)33-20-9-7-17(11-22(20)37-5)26(36)32-18-13-38-14-18/h6-12,18H,13-14H2,1-5H3,(H,32,36)(H2,30,33,34,35). The van der Waals surface area contributed by atoms with Crippen molar-refractivity contribution in [3.05, 3.63) is 54.0 Å². The van der Waals surface area contributed by atoms with Gasteiger partial charge in [0, 0.05) is 24.2 Å². The fourth-order valence-electron chi connectivity index (χ4n) is 4.50. The number of H-pyrrole nitrogens is 1. The van der Waals surface area contributed by atoms with Gasteiger partial charge in [0.15, 0.2) is 11.5 Å². The molecule has 0 unspecified atom stereocenters. The van der Waals surface area contributed by atoms with Gasteiger partial charge in [-0.15, -0.1) is 0 Å². The maximum atomic E-state index is 12.6. The zero-order valence-electron chi connectivity index (χ0n) is 22.9. The number of fused-ring (bicyclic) bond motifs is 2. The Kier molecular flexibility index (Phi) is 6.30. The first-order valence-electron chi connectivity index (χ1n) is 13.0. The third kappa shape index (κ3) is 5.03. The van der Waals surface area contributed by atoms with Gasteiger partial charge in [0.2, 0.25) is 11.8 Å². The van der Waals surface area contributed by atoms with Crippen LogP contribution in [0.25, 0.3) is 33.3 Å². The Morgan fingerprint density at radius 3 is 2.65 bits per heavy atom. The number of aromatic nitrogens is 4. The first kappa shape index (κ1) is 25.6. The number of aryl methyl sites for hydroxylation is 1. The molecule has 4 heterocycles. The van der Waals surface area contributed by atoms with E-state index in [4.69, 9.17) is 28.6 Å². The fraction of sp³-hybridized carbons (Fsp3) is 0.310. The summed E-state index contributed by atoms with van der Waals surface area (Å²) in [5.41, 5.74) is 4.45. The third-order valence-corrected chi connectivity index (χ3v) is 6.39. The summed E-state index contributed by atoms with van der Waals surface area (Å²) in [4.78, 5) is 29.7. The Morgan fingerprint density at radius 2 is 1.93 bits per heavy atom. The monoisotopic (exact) mass is 542 g/mol. The number of methoxy groups -OCH3 is 1. The van der Waals surface area contributed by atoms with Crippen LogP contribution in [0.3, 0.4) is 0 Å². The minimum atomic E-state index is -0.517. The van der Waals surface area contributed by atoms with Crippen LogP contribution in [0.1, 0.15) is 37.0 Å². The molecule has 11 nitrogen and oxygen atoms in total. The molecule has 3 N–H and O–H groups in total. The van der Waals surface area contributed by atoms with Gasteiger partial charge in [-0.2, -0.15) is 9.97 Å². The highest BCUT2D eigenvalue weighted by molar-refractivity contribution is 5.99. The highest BCUT2D eigenvalue weighted by Crippen LogP contribution is 2.38. The summed E-state index contributed by atoms with van der Waals surface area (Å²) in [6, 6.07) is 11.1. The van der Waals surface area contributed by atoms with E-state index in [9.17, 15) is 4.79 Å². The van der Waals surface area contributed by atoms with Gasteiger partial charge < -0.3 is 34.2 Å². The van der Waals surface area contributed by atoms with Gasteiger partial charge in [0.05, 0.1) is 37.4 Å². The lowest BCUT2D eigenvalue weighted by Gasteiger charge is -2.26. The topological polar surface area (TPSA) is 136 Å². The second-order valence-electron chi connectivity index (χ2n) is 10.7. The number of anilines is 2. The maximum absolute atomic E-state index is 12.6. The number of ether oxygens (including phenoxy) is 3. The van der Waals surface area contributed by atoms with Gasteiger partial charge >= 0.3 is 0 Å². The van der Waals surface area contributed by atoms with E-state index >= 15 is 0 Å². The van der Waals surface area contributed by atoms with Crippen molar-refractivity contribution in [1.29, 1.82) is 0 Å². The SMILES string of the molecule is COc1cc(C(=O)NC2COC2)ccc1Nc1nc(OC(C)(C)C)c2c(-c3ccc4nc(C)oc4c3)c[nH]c2n1. The summed E-state index contributed by atoms with van der Waals surface area (Å²) in [5, 5.41) is 6.90. The number of carbonyl (C=O) groups is 1. The lowest BCUT2D eigenvalue weighted by atomic mass is 10.1. The van der Waals surface area contributed by atoms with Crippen molar-refractivity contribution >= 4 is 39.7 Å². The predicted molar refractivity (Wildman–Crippen MR) is 150 cm³/mol. The van der Waals surface area contributed by atoms with E-state index in [2.05, 4.69) is 20.6 Å². The molecule has 3 aromatic heterocycles. The molecule has 1 aliphatic rings. The molecule has 1 aliphatic heterocycles. The maximum Gasteiger partial charge on any atom is 0.251 e. The Labute approximate surface area is 230 Å². The molecule has 40 heavy (non-hydrogen) atoms. The smallest absolute Gasteiger partial charge is 0.251 e. The van der Waals surface area contributed by atoms with E-state index in [-0.39, 0.29) is 11.9 Å². The minimum absolute atomic E-state index is 0.0325. The molecule has 206 valence electrons. The van der Waals surface area contributed by atoms with Crippen LogP contribution in [0.4, 0.5) is 11.6 Å². The van der Waals surface area contributed by atoms with E-state index in [1.807, 2.05) is 52.1 Å². The second kappa shape index (κ2) is 9.83. The van der Waals surface area contributed by atoms with Crippen LogP contribution < -0.4 is 20.1 Å². The number of aromatic amines is 1. The average Bonchev–Trinajstić information content (AvgIpc) is 3.47. The summed E-state index contributed by atoms with van der Waals surface area (Å²) in [6.45, 7) is 8.77. The molecule has 0 aliphatic carbocycles. The molecule has 0 atom stereocenters. The molecule has 1 amide bonds. The Bertz CT molecular complexity index is 1730. The highest BCUT2D eigenvalue weighted by atomic mass is 16.5. The van der Waals surface area contributed by atoms with Crippen LogP contribution in [0.15, 0.2) is 47.0 Å². The fourth-order valence-corrected chi connectivity index (χ4v) is 4.50. The third-order valence-electron chi connectivity index (χ3n) is 6.39. The highest BCUT2D eigenvalue weighted by Gasteiger charge is 2.24. The number of nitrogens with one attached hydrogen (secondary N) is 3. The van der Waals surface area contributed by atoms with Crippen LogP contribution in [0, 0.1) is 6.92 Å². The molecule has 0 bridgehead atoms. The number of rotatable bonds is 7. The molecule has 2 aromatic carbocycles.